The van der Waals surface area contributed by atoms with Gasteiger partial charge in [0.2, 0.25) is 5.56 Å². The molecule has 0 aromatic carbocycles. The molecule has 1 aromatic rings. The highest BCUT2D eigenvalue weighted by molar-refractivity contribution is 5.94. The number of aromatic nitrogens is 1. The van der Waals surface area contributed by atoms with E-state index in [0.717, 1.165) is 45.6 Å². The van der Waals surface area contributed by atoms with E-state index in [2.05, 4.69) is 23.7 Å². The molecule has 1 N–H and O–H groups in total. The molecule has 2 rings (SSSR count). The van der Waals surface area contributed by atoms with Gasteiger partial charge >= 0.3 is 0 Å². The molecule has 2 heterocycles. The van der Waals surface area contributed by atoms with E-state index in [1.165, 1.54) is 12.3 Å². The van der Waals surface area contributed by atoms with Gasteiger partial charge in [0.25, 0.3) is 5.91 Å². The fourth-order valence-electron chi connectivity index (χ4n) is 2.93. The van der Waals surface area contributed by atoms with Crippen LogP contribution in [-0.2, 0) is 0 Å². The minimum Gasteiger partial charge on any atom is -0.339 e. The van der Waals surface area contributed by atoms with Crippen LogP contribution in [0.2, 0.25) is 0 Å². The molecule has 1 aliphatic heterocycles. The van der Waals surface area contributed by atoms with Gasteiger partial charge in [0.15, 0.2) is 0 Å². The van der Waals surface area contributed by atoms with E-state index in [1.807, 2.05) is 4.90 Å². The van der Waals surface area contributed by atoms with E-state index in [0.29, 0.717) is 11.5 Å². The number of rotatable bonds is 5. The number of carbonyl (C=O) groups excluding carboxylic acids is 1. The number of H-pyrrole nitrogens is 1. The summed E-state index contributed by atoms with van der Waals surface area (Å²) in [5, 5.41) is 0. The van der Waals surface area contributed by atoms with Crippen LogP contribution in [0.1, 0.15) is 37.0 Å². The predicted molar refractivity (Wildman–Crippen MR) is 83.5 cm³/mol. The van der Waals surface area contributed by atoms with Crippen molar-refractivity contribution in [3.63, 3.8) is 0 Å². The van der Waals surface area contributed by atoms with Crippen molar-refractivity contribution in [1.29, 1.82) is 0 Å². The number of nitrogens with one attached hydrogen (secondary N) is 1. The maximum Gasteiger partial charge on any atom is 0.254 e. The summed E-state index contributed by atoms with van der Waals surface area (Å²) < 4.78 is 0. The first-order valence-corrected chi connectivity index (χ1v) is 7.84. The minimum atomic E-state index is -0.225. The predicted octanol–water partition coefficient (Wildman–Crippen LogP) is 1.57. The molecule has 1 aliphatic rings. The molecule has 1 fully saturated rings. The van der Waals surface area contributed by atoms with Gasteiger partial charge in [-0.2, -0.15) is 0 Å². The van der Waals surface area contributed by atoms with Gasteiger partial charge < -0.3 is 14.8 Å². The molecular formula is C16H25N3O2. The maximum atomic E-state index is 12.4. The molecule has 0 saturated carbocycles. The minimum absolute atomic E-state index is 0.0256. The average Bonchev–Trinajstić information content (AvgIpc) is 2.52. The maximum absolute atomic E-state index is 12.4. The lowest BCUT2D eigenvalue weighted by Crippen LogP contribution is -2.41. The van der Waals surface area contributed by atoms with Crippen molar-refractivity contribution in [2.45, 2.75) is 26.7 Å². The SMILES string of the molecule is CCN(CC)CC1CCN(C(=O)c2cc[nH]c(=O)c2)CC1. The highest BCUT2D eigenvalue weighted by Crippen LogP contribution is 2.19. The summed E-state index contributed by atoms with van der Waals surface area (Å²) in [7, 11) is 0. The number of pyridine rings is 1. The summed E-state index contributed by atoms with van der Waals surface area (Å²) in [6.07, 6.45) is 3.62. The van der Waals surface area contributed by atoms with Crippen molar-refractivity contribution in [3.8, 4) is 0 Å². The Bertz CT molecular complexity index is 514. The van der Waals surface area contributed by atoms with Crippen molar-refractivity contribution in [1.82, 2.24) is 14.8 Å². The smallest absolute Gasteiger partial charge is 0.254 e. The zero-order valence-corrected chi connectivity index (χ0v) is 13.0. The van der Waals surface area contributed by atoms with Gasteiger partial charge in [-0.25, -0.2) is 0 Å². The summed E-state index contributed by atoms with van der Waals surface area (Å²) in [5.41, 5.74) is 0.262. The Morgan fingerprint density at radius 1 is 1.33 bits per heavy atom. The highest BCUT2D eigenvalue weighted by atomic mass is 16.2. The monoisotopic (exact) mass is 291 g/mol. The summed E-state index contributed by atoms with van der Waals surface area (Å²) in [6.45, 7) is 9.25. The number of piperidine rings is 1. The molecule has 5 heteroatoms. The first kappa shape index (κ1) is 15.8. The fraction of sp³-hybridized carbons (Fsp3) is 0.625. The van der Waals surface area contributed by atoms with E-state index in [1.54, 1.807) is 6.07 Å². The zero-order valence-electron chi connectivity index (χ0n) is 13.0. The summed E-state index contributed by atoms with van der Waals surface area (Å²) >= 11 is 0. The Morgan fingerprint density at radius 2 is 2.00 bits per heavy atom. The summed E-state index contributed by atoms with van der Waals surface area (Å²) in [5.74, 6) is 0.649. The van der Waals surface area contributed by atoms with Crippen LogP contribution >= 0.6 is 0 Å². The molecule has 0 atom stereocenters. The van der Waals surface area contributed by atoms with Crippen molar-refractivity contribution in [2.75, 3.05) is 32.7 Å². The van der Waals surface area contributed by atoms with Crippen LogP contribution in [0.3, 0.4) is 0 Å². The second kappa shape index (κ2) is 7.41. The number of carbonyl (C=O) groups is 1. The first-order chi connectivity index (χ1) is 10.1. The Kier molecular flexibility index (Phi) is 5.56. The van der Waals surface area contributed by atoms with Crippen LogP contribution in [-0.4, -0.2) is 53.4 Å². The Labute approximate surface area is 126 Å². The normalized spacial score (nSPS) is 16.4. The Hall–Kier alpha value is -1.62. The largest absolute Gasteiger partial charge is 0.339 e. The molecule has 0 unspecified atom stereocenters. The lowest BCUT2D eigenvalue weighted by molar-refractivity contribution is 0.0669. The van der Waals surface area contributed by atoms with Crippen molar-refractivity contribution in [3.05, 3.63) is 34.2 Å². The lowest BCUT2D eigenvalue weighted by atomic mass is 9.95. The van der Waals surface area contributed by atoms with Gasteiger partial charge in [0.05, 0.1) is 0 Å². The van der Waals surface area contributed by atoms with Crippen molar-refractivity contribution < 1.29 is 4.79 Å². The molecule has 21 heavy (non-hydrogen) atoms. The van der Waals surface area contributed by atoms with Crippen LogP contribution in [0, 0.1) is 5.92 Å². The average molecular weight is 291 g/mol. The topological polar surface area (TPSA) is 56.4 Å². The molecule has 0 spiro atoms. The lowest BCUT2D eigenvalue weighted by Gasteiger charge is -2.34. The van der Waals surface area contributed by atoms with Crippen LogP contribution in [0.4, 0.5) is 0 Å². The van der Waals surface area contributed by atoms with Gasteiger partial charge in [-0.15, -0.1) is 0 Å². The van der Waals surface area contributed by atoms with Gasteiger partial charge in [-0.1, -0.05) is 13.8 Å². The van der Waals surface area contributed by atoms with E-state index < -0.39 is 0 Å². The first-order valence-electron chi connectivity index (χ1n) is 7.84. The van der Waals surface area contributed by atoms with Crippen LogP contribution in [0.5, 0.6) is 0 Å². The third-order valence-corrected chi connectivity index (χ3v) is 4.33. The second-order valence-corrected chi connectivity index (χ2v) is 5.66. The molecule has 0 aliphatic carbocycles. The third-order valence-electron chi connectivity index (χ3n) is 4.33. The standard InChI is InChI=1S/C16H25N3O2/c1-3-18(4-2)12-13-6-9-19(10-7-13)16(21)14-5-8-17-15(20)11-14/h5,8,11,13H,3-4,6-7,9-10,12H2,1-2H3,(H,17,20). The van der Waals surface area contributed by atoms with Crippen LogP contribution in [0.25, 0.3) is 0 Å². The molecule has 1 aromatic heterocycles. The molecule has 116 valence electrons. The molecule has 0 bridgehead atoms. The zero-order chi connectivity index (χ0) is 15.2. The molecule has 0 radical (unpaired) electrons. The molecule has 1 saturated heterocycles. The van der Waals surface area contributed by atoms with Gasteiger partial charge in [0.1, 0.15) is 0 Å². The molecule has 1 amide bonds. The number of hydrogen-bond donors (Lipinski definition) is 1. The molecular weight excluding hydrogens is 266 g/mol. The van der Waals surface area contributed by atoms with Gasteiger partial charge in [-0.3, -0.25) is 9.59 Å². The van der Waals surface area contributed by atoms with E-state index in [9.17, 15) is 9.59 Å². The van der Waals surface area contributed by atoms with Crippen molar-refractivity contribution in [2.24, 2.45) is 5.92 Å². The Morgan fingerprint density at radius 3 is 2.57 bits per heavy atom. The highest BCUT2D eigenvalue weighted by Gasteiger charge is 2.24. The van der Waals surface area contributed by atoms with E-state index in [4.69, 9.17) is 0 Å². The number of hydrogen-bond acceptors (Lipinski definition) is 3. The number of amides is 1. The van der Waals surface area contributed by atoms with Crippen LogP contribution in [0.15, 0.2) is 23.1 Å². The fourth-order valence-corrected chi connectivity index (χ4v) is 2.93. The van der Waals surface area contributed by atoms with E-state index in [-0.39, 0.29) is 11.5 Å². The van der Waals surface area contributed by atoms with Gasteiger partial charge in [0, 0.05) is 37.5 Å². The Balaban J connectivity index is 1.89. The number of aromatic amines is 1. The summed E-state index contributed by atoms with van der Waals surface area (Å²) in [6, 6.07) is 3.05. The number of likely N-dealkylation sites (tertiary alicyclic amines) is 1. The van der Waals surface area contributed by atoms with Crippen molar-refractivity contribution >= 4 is 5.91 Å². The van der Waals surface area contributed by atoms with Gasteiger partial charge in [-0.05, 0) is 37.9 Å². The summed E-state index contributed by atoms with van der Waals surface area (Å²) in [4.78, 5) is 30.5. The number of nitrogens with zero attached hydrogens (tertiary/aromatic N) is 2. The third kappa shape index (κ3) is 4.17. The van der Waals surface area contributed by atoms with Crippen LogP contribution < -0.4 is 5.56 Å². The second-order valence-electron chi connectivity index (χ2n) is 5.66. The quantitative estimate of drug-likeness (QED) is 0.896. The molecule has 5 nitrogen and oxygen atoms in total. The van der Waals surface area contributed by atoms with E-state index >= 15 is 0 Å².